The van der Waals surface area contributed by atoms with E-state index in [0.717, 1.165) is 12.3 Å². The van der Waals surface area contributed by atoms with Gasteiger partial charge < -0.3 is 13.7 Å². The number of nitrogens with zero attached hydrogens (tertiary/aromatic N) is 4. The number of aromatic nitrogens is 4. The second-order valence-corrected chi connectivity index (χ2v) is 6.44. The van der Waals surface area contributed by atoms with Crippen molar-refractivity contribution in [1.29, 1.82) is 0 Å². The van der Waals surface area contributed by atoms with Gasteiger partial charge in [0.15, 0.2) is 5.69 Å². The first-order valence-corrected chi connectivity index (χ1v) is 8.54. The van der Waals surface area contributed by atoms with Gasteiger partial charge in [-0.15, -0.1) is 0 Å². The van der Waals surface area contributed by atoms with Gasteiger partial charge in [-0.25, -0.2) is 9.97 Å². The van der Waals surface area contributed by atoms with Crippen LogP contribution in [0.1, 0.15) is 11.3 Å². The molecule has 0 aliphatic rings. The summed E-state index contributed by atoms with van der Waals surface area (Å²) in [6.45, 7) is 0.0411. The lowest BCUT2D eigenvalue weighted by molar-refractivity contribution is -0.140. The summed E-state index contributed by atoms with van der Waals surface area (Å²) in [6, 6.07) is 6.79. The van der Waals surface area contributed by atoms with E-state index < -0.39 is 17.9 Å². The zero-order valence-corrected chi connectivity index (χ0v) is 15.4. The summed E-state index contributed by atoms with van der Waals surface area (Å²) in [5.41, 5.74) is 0.429. The third kappa shape index (κ3) is 3.88. The minimum atomic E-state index is -4.51. The van der Waals surface area contributed by atoms with Gasteiger partial charge in [-0.1, -0.05) is 24.3 Å². The summed E-state index contributed by atoms with van der Waals surface area (Å²) in [7, 11) is 1.49. The fourth-order valence-electron chi connectivity index (χ4n) is 2.72. The molecule has 1 aromatic carbocycles. The first-order valence-electron chi connectivity index (χ1n) is 8.16. The molecule has 3 aromatic heterocycles. The van der Waals surface area contributed by atoms with Crippen molar-refractivity contribution in [2.75, 3.05) is 0 Å². The summed E-state index contributed by atoms with van der Waals surface area (Å²) in [4.78, 5) is 11.4. The van der Waals surface area contributed by atoms with Crippen molar-refractivity contribution in [2.45, 2.75) is 12.8 Å². The molecule has 0 N–H and O–H groups in total. The van der Waals surface area contributed by atoms with E-state index in [2.05, 4.69) is 15.0 Å². The van der Waals surface area contributed by atoms with Crippen LogP contribution in [0.15, 0.2) is 40.9 Å². The van der Waals surface area contributed by atoms with Gasteiger partial charge in [0.2, 0.25) is 10.9 Å². The van der Waals surface area contributed by atoms with Crippen LogP contribution in [0, 0.1) is 6.01 Å². The molecular weight excluding hydrogens is 416 g/mol. The second kappa shape index (κ2) is 7.03. The maximum Gasteiger partial charge on any atom is 0.434 e. The first-order chi connectivity index (χ1) is 13.7. The van der Waals surface area contributed by atoms with Crippen LogP contribution in [0.5, 0.6) is 5.88 Å². The zero-order valence-electron chi connectivity index (χ0n) is 14.7. The predicted octanol–water partition coefficient (Wildman–Crippen LogP) is 5.01. The Balaban J connectivity index is 1.53. The smallest absolute Gasteiger partial charge is 0.434 e. The van der Waals surface area contributed by atoms with Crippen LogP contribution in [-0.2, 0) is 19.8 Å². The number of aryl methyl sites for hydroxylation is 1. The Kier molecular flexibility index (Phi) is 4.65. The fraction of sp³-hybridized carbons (Fsp3) is 0.167. The number of alkyl halides is 3. The van der Waals surface area contributed by atoms with Crippen molar-refractivity contribution in [3.63, 3.8) is 0 Å². The number of imidazole rings is 1. The standard InChI is InChI=1S/C18H11ClF4N4O2/c1-27-7-12(18(21,22)23)25-15(27)10-4-2-9(3-5-10)8-28-16-14-11(6-13(20)29-14)24-17(19)26-16/h2-7H,8H2,1H3. The first kappa shape index (κ1) is 19.2. The third-order valence-corrected chi connectivity index (χ3v) is 4.21. The minimum absolute atomic E-state index is 0.0214. The average Bonchev–Trinajstić information content (AvgIpc) is 3.22. The normalized spacial score (nSPS) is 11.9. The van der Waals surface area contributed by atoms with Gasteiger partial charge in [0.1, 0.15) is 17.9 Å². The van der Waals surface area contributed by atoms with Crippen LogP contribution in [0.2, 0.25) is 5.28 Å². The molecule has 0 saturated heterocycles. The van der Waals surface area contributed by atoms with Gasteiger partial charge in [-0.3, -0.25) is 0 Å². The molecule has 4 aromatic rings. The van der Waals surface area contributed by atoms with Crippen molar-refractivity contribution >= 4 is 22.7 Å². The maximum atomic E-state index is 13.3. The second-order valence-electron chi connectivity index (χ2n) is 6.11. The highest BCUT2D eigenvalue weighted by molar-refractivity contribution is 6.28. The van der Waals surface area contributed by atoms with E-state index in [9.17, 15) is 17.6 Å². The molecule has 29 heavy (non-hydrogen) atoms. The number of furan rings is 1. The summed E-state index contributed by atoms with van der Waals surface area (Å²) in [6.07, 6.45) is -3.59. The SMILES string of the molecule is Cn1cc(C(F)(F)F)nc1-c1ccc(COc2nc(Cl)nc3cc(F)oc23)cc1. The Bertz CT molecular complexity index is 1190. The van der Waals surface area contributed by atoms with Crippen molar-refractivity contribution in [3.05, 3.63) is 59.1 Å². The zero-order chi connectivity index (χ0) is 20.8. The molecule has 150 valence electrons. The van der Waals surface area contributed by atoms with Gasteiger partial charge in [-0.2, -0.15) is 22.5 Å². The number of hydrogen-bond donors (Lipinski definition) is 0. The van der Waals surface area contributed by atoms with Crippen molar-refractivity contribution in [1.82, 2.24) is 19.5 Å². The minimum Gasteiger partial charge on any atom is -0.470 e. The number of halogens is 5. The van der Waals surface area contributed by atoms with Gasteiger partial charge in [0, 0.05) is 24.9 Å². The van der Waals surface area contributed by atoms with E-state index >= 15 is 0 Å². The number of benzene rings is 1. The molecule has 0 amide bonds. The lowest BCUT2D eigenvalue weighted by Crippen LogP contribution is -2.04. The summed E-state index contributed by atoms with van der Waals surface area (Å²) in [5.74, 6) is 0.159. The Morgan fingerprint density at radius 1 is 1.14 bits per heavy atom. The van der Waals surface area contributed by atoms with Crippen LogP contribution >= 0.6 is 11.6 Å². The van der Waals surface area contributed by atoms with E-state index in [1.54, 1.807) is 24.3 Å². The molecule has 0 aliphatic heterocycles. The number of rotatable bonds is 4. The van der Waals surface area contributed by atoms with E-state index in [0.29, 0.717) is 11.1 Å². The molecule has 6 nitrogen and oxygen atoms in total. The molecule has 0 unspecified atom stereocenters. The van der Waals surface area contributed by atoms with Crippen LogP contribution in [0.4, 0.5) is 17.6 Å². The van der Waals surface area contributed by atoms with Crippen molar-refractivity contribution in [2.24, 2.45) is 7.05 Å². The highest BCUT2D eigenvalue weighted by atomic mass is 35.5. The number of fused-ring (bicyclic) bond motifs is 1. The third-order valence-electron chi connectivity index (χ3n) is 4.04. The summed E-state index contributed by atoms with van der Waals surface area (Å²) >= 11 is 5.80. The van der Waals surface area contributed by atoms with E-state index in [1.165, 1.54) is 11.6 Å². The predicted molar refractivity (Wildman–Crippen MR) is 94.8 cm³/mol. The largest absolute Gasteiger partial charge is 0.470 e. The summed E-state index contributed by atoms with van der Waals surface area (Å²) < 4.78 is 63.5. The van der Waals surface area contributed by atoms with Crippen molar-refractivity contribution in [3.8, 4) is 17.3 Å². The van der Waals surface area contributed by atoms with E-state index in [1.807, 2.05) is 0 Å². The molecule has 0 fully saturated rings. The average molecular weight is 427 g/mol. The highest BCUT2D eigenvalue weighted by Crippen LogP contribution is 2.31. The quantitative estimate of drug-likeness (QED) is 0.339. The molecule has 0 spiro atoms. The van der Waals surface area contributed by atoms with Crippen LogP contribution < -0.4 is 4.74 Å². The Morgan fingerprint density at radius 3 is 2.52 bits per heavy atom. The molecule has 0 aliphatic carbocycles. The van der Waals surface area contributed by atoms with Crippen molar-refractivity contribution < 1.29 is 26.7 Å². The number of hydrogen-bond acceptors (Lipinski definition) is 5. The Labute approximate surface area is 165 Å². The Hall–Kier alpha value is -3.14. The monoisotopic (exact) mass is 426 g/mol. The number of ether oxygens (including phenoxy) is 1. The molecule has 4 rings (SSSR count). The molecule has 0 saturated carbocycles. The van der Waals surface area contributed by atoms with Crippen LogP contribution in [0.25, 0.3) is 22.5 Å². The molecule has 3 heterocycles. The summed E-state index contributed by atoms with van der Waals surface area (Å²) in [5, 5.41) is -0.126. The van der Waals surface area contributed by atoms with E-state index in [-0.39, 0.29) is 34.7 Å². The van der Waals surface area contributed by atoms with E-state index in [4.69, 9.17) is 20.8 Å². The Morgan fingerprint density at radius 2 is 1.86 bits per heavy atom. The van der Waals surface area contributed by atoms with Gasteiger partial charge in [0.05, 0.1) is 0 Å². The van der Waals surface area contributed by atoms with Gasteiger partial charge in [-0.05, 0) is 17.2 Å². The van der Waals surface area contributed by atoms with Crippen LogP contribution in [0.3, 0.4) is 0 Å². The van der Waals surface area contributed by atoms with Gasteiger partial charge >= 0.3 is 6.18 Å². The molecule has 0 radical (unpaired) electrons. The molecular formula is C18H11ClF4N4O2. The van der Waals surface area contributed by atoms with Crippen LogP contribution in [-0.4, -0.2) is 19.5 Å². The fourth-order valence-corrected chi connectivity index (χ4v) is 2.89. The molecule has 0 atom stereocenters. The molecule has 0 bridgehead atoms. The lowest BCUT2D eigenvalue weighted by atomic mass is 10.1. The lowest BCUT2D eigenvalue weighted by Gasteiger charge is -2.07. The highest BCUT2D eigenvalue weighted by Gasteiger charge is 2.34. The van der Waals surface area contributed by atoms with Gasteiger partial charge in [0.25, 0.3) is 11.9 Å². The maximum absolute atomic E-state index is 13.3. The molecule has 11 heteroatoms. The topological polar surface area (TPSA) is 66.0 Å².